The summed E-state index contributed by atoms with van der Waals surface area (Å²) in [7, 11) is 3.55. The molecule has 2 aromatic carbocycles. The molecule has 4 nitrogen and oxygen atoms in total. The van der Waals surface area contributed by atoms with E-state index in [-0.39, 0.29) is 12.2 Å². The number of amides is 1. The van der Waals surface area contributed by atoms with E-state index in [0.29, 0.717) is 16.0 Å². The lowest BCUT2D eigenvalue weighted by Crippen LogP contribution is -2.22. The number of halogens is 2. The Hall–Kier alpha value is -1.76. The van der Waals surface area contributed by atoms with Gasteiger partial charge in [-0.1, -0.05) is 31.5 Å². The number of aryl methyl sites for hydroxylation is 1. The van der Waals surface area contributed by atoms with Crippen LogP contribution in [-0.4, -0.2) is 24.3 Å². The highest BCUT2D eigenvalue weighted by Gasteiger charge is 2.25. The molecule has 0 radical (unpaired) electrons. The first kappa shape index (κ1) is 21.9. The Morgan fingerprint density at radius 1 is 1.28 bits per heavy atom. The number of nitrogens with one attached hydrogen (secondary N) is 1. The third-order valence-corrected chi connectivity index (χ3v) is 6.01. The number of benzene rings is 2. The number of rotatable bonds is 6. The van der Waals surface area contributed by atoms with Gasteiger partial charge in [-0.2, -0.15) is 0 Å². The molecule has 0 heterocycles. The fourth-order valence-electron chi connectivity index (χ4n) is 3.40. The maximum Gasteiger partial charge on any atom is 0.265 e. The van der Waals surface area contributed by atoms with Crippen LogP contribution in [0.1, 0.15) is 47.3 Å². The molecule has 29 heavy (non-hydrogen) atoms. The van der Waals surface area contributed by atoms with Gasteiger partial charge < -0.3 is 4.74 Å². The Labute approximate surface area is 181 Å². The van der Waals surface area contributed by atoms with E-state index >= 15 is 0 Å². The van der Waals surface area contributed by atoms with Crippen molar-refractivity contribution in [1.82, 2.24) is 9.03 Å². The zero-order valence-electron chi connectivity index (χ0n) is 17.1. The summed E-state index contributed by atoms with van der Waals surface area (Å²) in [6.45, 7) is 4.69. The average molecular weight is 437 g/mol. The fourth-order valence-corrected chi connectivity index (χ4v) is 3.99. The van der Waals surface area contributed by atoms with Crippen molar-refractivity contribution in [3.63, 3.8) is 0 Å². The molecule has 7 heteroatoms. The Bertz CT molecular complexity index is 918. The maximum absolute atomic E-state index is 14.4. The van der Waals surface area contributed by atoms with Gasteiger partial charge in [0.15, 0.2) is 0 Å². The van der Waals surface area contributed by atoms with Gasteiger partial charge in [-0.15, -0.1) is 0 Å². The minimum absolute atomic E-state index is 0.0934. The predicted molar refractivity (Wildman–Crippen MR) is 117 cm³/mol. The van der Waals surface area contributed by atoms with E-state index < -0.39 is 11.7 Å². The molecule has 0 saturated heterocycles. The highest BCUT2D eigenvalue weighted by atomic mass is 35.5. The number of fused-ring (bicyclic) bond motifs is 1. The van der Waals surface area contributed by atoms with E-state index in [1.165, 1.54) is 29.7 Å². The van der Waals surface area contributed by atoms with Crippen molar-refractivity contribution in [2.45, 2.75) is 39.7 Å². The molecule has 0 bridgehead atoms. The van der Waals surface area contributed by atoms with Crippen molar-refractivity contribution in [3.8, 4) is 5.75 Å². The zero-order chi connectivity index (χ0) is 21.2. The van der Waals surface area contributed by atoms with Crippen molar-refractivity contribution in [1.29, 1.82) is 0 Å². The highest BCUT2D eigenvalue weighted by Crippen LogP contribution is 2.36. The third-order valence-electron chi connectivity index (χ3n) is 5.01. The number of hydrogen-bond donors (Lipinski definition) is 1. The van der Waals surface area contributed by atoms with Crippen molar-refractivity contribution in [2.75, 3.05) is 14.1 Å². The van der Waals surface area contributed by atoms with E-state index in [9.17, 15) is 9.18 Å². The number of nitrogens with zero attached hydrogens (tertiary/aromatic N) is 1. The molecule has 0 aromatic heterocycles. The standard InChI is InChI=1S/C22H26ClFN2O2S/c1-22(2)8-7-14-5-6-17(9-15(14)12-22)28-13-16-10-20(24)18(11-19(16)23)21(27)25-29-26(3)4/h5-6,9-11H,7-8,12-13H2,1-4H3,(H,25,27). The van der Waals surface area contributed by atoms with Crippen molar-refractivity contribution in [3.05, 3.63) is 63.4 Å². The Kier molecular flexibility index (Phi) is 6.76. The number of carbonyl (C=O) groups excluding carboxylic acids is 1. The van der Waals surface area contributed by atoms with Crippen LogP contribution in [0, 0.1) is 11.2 Å². The summed E-state index contributed by atoms with van der Waals surface area (Å²) in [4.78, 5) is 12.1. The molecule has 1 aliphatic rings. The quantitative estimate of drug-likeness (QED) is 0.613. The van der Waals surface area contributed by atoms with Crippen LogP contribution in [-0.2, 0) is 19.4 Å². The molecule has 0 aliphatic heterocycles. The van der Waals surface area contributed by atoms with Crippen molar-refractivity contribution >= 4 is 29.6 Å². The molecule has 0 unspecified atom stereocenters. The van der Waals surface area contributed by atoms with Crippen LogP contribution < -0.4 is 9.46 Å². The predicted octanol–water partition coefficient (Wildman–Crippen LogP) is 5.43. The first-order chi connectivity index (χ1) is 13.6. The first-order valence-electron chi connectivity index (χ1n) is 9.52. The lowest BCUT2D eigenvalue weighted by atomic mass is 9.74. The van der Waals surface area contributed by atoms with Gasteiger partial charge in [-0.05, 0) is 74.2 Å². The largest absolute Gasteiger partial charge is 0.489 e. The summed E-state index contributed by atoms with van der Waals surface area (Å²) in [5.41, 5.74) is 3.37. The molecule has 156 valence electrons. The second-order valence-corrected chi connectivity index (χ2v) is 9.84. The van der Waals surface area contributed by atoms with Crippen LogP contribution >= 0.6 is 23.7 Å². The van der Waals surface area contributed by atoms with Gasteiger partial charge in [-0.3, -0.25) is 9.52 Å². The fraction of sp³-hybridized carbons (Fsp3) is 0.409. The molecule has 0 fully saturated rings. The van der Waals surface area contributed by atoms with Crippen molar-refractivity contribution < 1.29 is 13.9 Å². The van der Waals surface area contributed by atoms with Gasteiger partial charge in [0.1, 0.15) is 18.2 Å². The van der Waals surface area contributed by atoms with Crippen LogP contribution in [0.15, 0.2) is 30.3 Å². The molecule has 1 aliphatic carbocycles. The van der Waals surface area contributed by atoms with Crippen LogP contribution in [0.3, 0.4) is 0 Å². The summed E-state index contributed by atoms with van der Waals surface area (Å²) < 4.78 is 24.6. The average Bonchev–Trinajstić information content (AvgIpc) is 2.65. The molecule has 1 amide bonds. The van der Waals surface area contributed by atoms with E-state index in [1.807, 2.05) is 6.07 Å². The molecular formula is C22H26ClFN2O2S. The lowest BCUT2D eigenvalue weighted by Gasteiger charge is -2.31. The molecule has 2 aromatic rings. The number of ether oxygens (including phenoxy) is 1. The molecule has 3 rings (SSSR count). The molecule has 0 spiro atoms. The normalized spacial score (nSPS) is 15.1. The molecule has 0 atom stereocenters. The summed E-state index contributed by atoms with van der Waals surface area (Å²) in [6, 6.07) is 8.73. The van der Waals surface area contributed by atoms with E-state index in [2.05, 4.69) is 30.7 Å². The Morgan fingerprint density at radius 3 is 2.76 bits per heavy atom. The number of carbonyl (C=O) groups is 1. The smallest absolute Gasteiger partial charge is 0.265 e. The second kappa shape index (κ2) is 8.94. The van der Waals surface area contributed by atoms with E-state index in [1.54, 1.807) is 18.4 Å². The summed E-state index contributed by atoms with van der Waals surface area (Å²) in [5, 5.41) is 0.297. The minimum Gasteiger partial charge on any atom is -0.489 e. The third kappa shape index (κ3) is 5.65. The Balaban J connectivity index is 1.70. The van der Waals surface area contributed by atoms with Crippen LogP contribution in [0.2, 0.25) is 5.02 Å². The van der Waals surface area contributed by atoms with Crippen molar-refractivity contribution in [2.24, 2.45) is 5.41 Å². The highest BCUT2D eigenvalue weighted by molar-refractivity contribution is 7.95. The summed E-state index contributed by atoms with van der Waals surface area (Å²) >= 11 is 7.35. The SMILES string of the molecule is CN(C)SNC(=O)c1cc(Cl)c(COc2ccc3c(c2)CC(C)(C)CC3)cc1F. The monoisotopic (exact) mass is 436 g/mol. The molecular weight excluding hydrogens is 411 g/mol. The molecule has 1 N–H and O–H groups in total. The van der Waals surface area contributed by atoms with Gasteiger partial charge in [0.25, 0.3) is 5.91 Å². The van der Waals surface area contributed by atoms with Crippen LogP contribution in [0.5, 0.6) is 5.75 Å². The van der Waals surface area contributed by atoms with Gasteiger partial charge in [0.05, 0.1) is 5.56 Å². The summed E-state index contributed by atoms with van der Waals surface area (Å²) in [5.74, 6) is -0.424. The maximum atomic E-state index is 14.4. The van der Waals surface area contributed by atoms with Gasteiger partial charge in [-0.25, -0.2) is 8.70 Å². The zero-order valence-corrected chi connectivity index (χ0v) is 18.7. The summed E-state index contributed by atoms with van der Waals surface area (Å²) in [6.07, 6.45) is 3.28. The second-order valence-electron chi connectivity index (χ2n) is 8.32. The van der Waals surface area contributed by atoms with E-state index in [4.69, 9.17) is 16.3 Å². The van der Waals surface area contributed by atoms with Gasteiger partial charge >= 0.3 is 0 Å². The number of hydrogen-bond acceptors (Lipinski definition) is 4. The van der Waals surface area contributed by atoms with Gasteiger partial charge in [0, 0.05) is 22.7 Å². The van der Waals surface area contributed by atoms with Crippen LogP contribution in [0.4, 0.5) is 4.39 Å². The topological polar surface area (TPSA) is 41.6 Å². The van der Waals surface area contributed by atoms with E-state index in [0.717, 1.165) is 30.7 Å². The lowest BCUT2D eigenvalue weighted by molar-refractivity contribution is 0.0979. The molecule has 0 saturated carbocycles. The van der Waals surface area contributed by atoms with Gasteiger partial charge in [0.2, 0.25) is 0 Å². The minimum atomic E-state index is -0.628. The van der Waals surface area contributed by atoms with Crippen LogP contribution in [0.25, 0.3) is 0 Å². The first-order valence-corrected chi connectivity index (χ1v) is 10.7. The Morgan fingerprint density at radius 2 is 2.03 bits per heavy atom.